The fraction of sp³-hybridized carbons (Fsp3) is 0.237. The quantitative estimate of drug-likeness (QED) is 0.0600. The third-order valence-electron chi connectivity index (χ3n) is 6.78. The van der Waals surface area contributed by atoms with Gasteiger partial charge in [0.15, 0.2) is 58.2 Å². The van der Waals surface area contributed by atoms with Crippen LogP contribution in [0.25, 0.3) is 22.9 Å². The number of rotatable bonds is 7. The molecule has 0 aliphatic carbocycles. The van der Waals surface area contributed by atoms with Crippen LogP contribution >= 0.6 is 34.2 Å². The van der Waals surface area contributed by atoms with Gasteiger partial charge in [0.2, 0.25) is 0 Å². The number of hydrogen-bond acceptors (Lipinski definition) is 19. The van der Waals surface area contributed by atoms with Gasteiger partial charge in [0.25, 0.3) is 0 Å². The second kappa shape index (κ2) is 32.8. The fourth-order valence-electron chi connectivity index (χ4n) is 4.23. The minimum atomic E-state index is -1.12. The number of halogens is 2. The van der Waals surface area contributed by atoms with Crippen LogP contribution in [0.1, 0.15) is 49.1 Å². The molecular weight excluding hydrogens is 1210 g/mol. The summed E-state index contributed by atoms with van der Waals surface area (Å²) in [5.41, 5.74) is 1.28. The molecule has 0 amide bonds. The van der Waals surface area contributed by atoms with E-state index in [1.165, 1.54) is 27.6 Å². The molecule has 326 valence electrons. The van der Waals surface area contributed by atoms with Gasteiger partial charge in [-0.15, -0.1) is 11.6 Å². The second-order valence-electron chi connectivity index (χ2n) is 11.0. The van der Waals surface area contributed by atoms with E-state index in [0.29, 0.717) is 40.7 Å². The first-order valence-electron chi connectivity index (χ1n) is 17.4. The van der Waals surface area contributed by atoms with Crippen LogP contribution < -0.4 is 51.4 Å². The zero-order valence-corrected chi connectivity index (χ0v) is 45.0. The van der Waals surface area contributed by atoms with Crippen LogP contribution in [0, 0.1) is 55.6 Å². The number of nitrogens with zero attached hydrogens (tertiary/aromatic N) is 7. The molecule has 0 aromatic carbocycles. The number of methoxy groups -OCH3 is 3. The summed E-state index contributed by atoms with van der Waals surface area (Å²) in [6, 6.07) is 15.8. The van der Waals surface area contributed by atoms with Gasteiger partial charge < -0.3 is 42.8 Å². The summed E-state index contributed by atoms with van der Waals surface area (Å²) in [5.74, 6) is -0.192. The Balaban J connectivity index is 0. The summed E-state index contributed by atoms with van der Waals surface area (Å²) >= 11 is 7.58. The number of ether oxygens (including phenoxy) is 4. The van der Waals surface area contributed by atoms with E-state index in [-0.39, 0.29) is 129 Å². The number of aromatic nitrogens is 6. The maximum Gasteiger partial charge on any atom is 1.00 e. The molecule has 1 atom stereocenters. The van der Waals surface area contributed by atoms with Crippen molar-refractivity contribution in [1.29, 1.82) is 1.34 Å². The molecule has 1 unspecified atom stereocenters. The van der Waals surface area contributed by atoms with Crippen LogP contribution in [0.4, 0.5) is 0 Å². The molecular formula is C38H39BClIKN7O13U. The van der Waals surface area contributed by atoms with Crippen molar-refractivity contribution in [1.82, 2.24) is 29.9 Å². The van der Waals surface area contributed by atoms with E-state index < -0.39 is 23.9 Å². The van der Waals surface area contributed by atoms with Gasteiger partial charge in [0.05, 0.1) is 27.2 Å². The van der Waals surface area contributed by atoms with Crippen molar-refractivity contribution in [3.05, 3.63) is 118 Å². The van der Waals surface area contributed by atoms with E-state index in [2.05, 4.69) is 80.1 Å². The van der Waals surface area contributed by atoms with Crippen LogP contribution in [0.3, 0.4) is 0 Å². The van der Waals surface area contributed by atoms with Crippen molar-refractivity contribution in [2.75, 3.05) is 33.8 Å². The van der Waals surface area contributed by atoms with E-state index in [0.717, 1.165) is 3.70 Å². The molecule has 6 aromatic heterocycles. The van der Waals surface area contributed by atoms with Crippen molar-refractivity contribution < 1.29 is 144 Å². The third kappa shape index (κ3) is 20.7. The van der Waals surface area contributed by atoms with Gasteiger partial charge >= 0.3 is 75.3 Å². The molecule has 0 fully saturated rings. The number of carboxylic acids is 1. The van der Waals surface area contributed by atoms with E-state index in [1.54, 1.807) is 75.8 Å². The predicted octanol–water partition coefficient (Wildman–Crippen LogP) is 2.40. The number of carbonyl (C=O) groups excluding carboxylic acids is 3. The van der Waals surface area contributed by atoms with Gasteiger partial charge in [-0.3, -0.25) is 15.0 Å². The zero-order chi connectivity index (χ0) is 45.3. The van der Waals surface area contributed by atoms with Gasteiger partial charge in [-0.1, -0.05) is 18.2 Å². The Morgan fingerprint density at radius 3 is 1.67 bits per heavy atom. The van der Waals surface area contributed by atoms with Gasteiger partial charge in [0, 0.05) is 78.9 Å². The van der Waals surface area contributed by atoms with Crippen molar-refractivity contribution in [2.24, 2.45) is 4.99 Å². The van der Waals surface area contributed by atoms with Crippen LogP contribution in [-0.4, -0.2) is 120 Å². The molecule has 1 aliphatic heterocycles. The SMILES string of the molecule is COC(=O)C1COC(CCl)=N1.COC(=O)c1coc(C)n1.COC(=O)c1nc(C)oc1-c1ccccn1.Cc1nc(C(=O)O)c(-c2ccccn2)o1.Ic1ccccn1.[2H][B].[K+].[OH-].[U]. The molecule has 6 aromatic rings. The Labute approximate surface area is 449 Å². The molecule has 0 spiro atoms. The Morgan fingerprint density at radius 1 is 0.794 bits per heavy atom. The minimum absolute atomic E-state index is 0. The molecule has 7 heterocycles. The van der Waals surface area contributed by atoms with Crippen LogP contribution in [0.15, 0.2) is 97.7 Å². The standard InChI is InChI=1S/C11H10N2O3.C10H8N2O3.C6H8ClNO3.C6H7NO3.C5H4IN.BH.K.H2O.U/c1-7-13-9(11(14)15-2)10(16-7)8-5-3-4-6-12-8;1-6-12-8(10(13)14)9(15-6)7-4-2-3-5-11-7;1-10-6(9)4-3-11-5(2-7)8-4;1-4-7-5(3-10-4)6(8)9-2;6-5-3-1-2-4-7-5;;;;/h3-6H,1-2H3;2-5H,1H3,(H,13,14);4H,2-3H2,1H3;3H,1-2H3;1-4H;1H;;1H2;/q;;;;;;+1;;/p-1/i;;;;;1D;;;. The first kappa shape index (κ1) is 59.2. The Hall–Kier alpha value is -3.84. The van der Waals surface area contributed by atoms with E-state index in [9.17, 15) is 19.2 Å². The number of aromatic carboxylic acids is 1. The molecule has 0 saturated carbocycles. The van der Waals surface area contributed by atoms with Crippen molar-refractivity contribution in [3.8, 4) is 22.9 Å². The number of carbonyl (C=O) groups is 4. The average molecular weight is 1250 g/mol. The predicted molar refractivity (Wildman–Crippen MR) is 226 cm³/mol. The van der Waals surface area contributed by atoms with Gasteiger partial charge in [-0.2, -0.15) is 0 Å². The second-order valence-corrected chi connectivity index (χ2v) is 12.3. The van der Waals surface area contributed by atoms with Crippen LogP contribution in [0.2, 0.25) is 0 Å². The molecule has 20 nitrogen and oxygen atoms in total. The normalized spacial score (nSPS) is 11.5. The molecule has 2 radical (unpaired) electrons. The Morgan fingerprint density at radius 2 is 1.30 bits per heavy atom. The van der Waals surface area contributed by atoms with Gasteiger partial charge in [0.1, 0.15) is 28.0 Å². The molecule has 7 rings (SSSR count). The first-order valence-corrected chi connectivity index (χ1v) is 18.4. The third-order valence-corrected chi connectivity index (χ3v) is 7.65. The fourth-order valence-corrected chi connectivity index (χ4v) is 4.75. The summed E-state index contributed by atoms with van der Waals surface area (Å²) < 4.78 is 40.0. The molecule has 25 heteroatoms. The summed E-state index contributed by atoms with van der Waals surface area (Å²) in [5, 5.41) is 8.89. The monoisotopic (exact) mass is 1250 g/mol. The number of oxazole rings is 3. The maximum absolute atomic E-state index is 11.4. The molecule has 0 saturated heterocycles. The Bertz CT molecular complexity index is 2320. The summed E-state index contributed by atoms with van der Waals surface area (Å²) in [6.07, 6.45) is 6.23. The molecule has 0 bridgehead atoms. The molecule has 63 heavy (non-hydrogen) atoms. The average Bonchev–Trinajstić information content (AvgIpc) is 4.12. The van der Waals surface area contributed by atoms with Gasteiger partial charge in [-0.05, 0) is 60.3 Å². The van der Waals surface area contributed by atoms with Crippen molar-refractivity contribution >= 4 is 72.3 Å². The number of carboxylic acid groups (broad SMARTS) is 1. The molecule has 1 aliphatic rings. The van der Waals surface area contributed by atoms with Crippen LogP contribution in [-0.2, 0) is 23.7 Å². The maximum atomic E-state index is 11.4. The number of aryl methyl sites for hydroxylation is 3. The number of pyridine rings is 3. The number of aliphatic imine (C=N–C) groups is 1. The topological polar surface area (TPSA) is 285 Å². The first-order chi connectivity index (χ1) is 29.3. The largest absolute Gasteiger partial charge is 1.00 e. The van der Waals surface area contributed by atoms with E-state index in [4.69, 9.17) is 36.0 Å². The van der Waals surface area contributed by atoms with E-state index in [1.807, 2.05) is 18.2 Å². The van der Waals surface area contributed by atoms with Gasteiger partial charge in [-0.25, -0.2) is 39.1 Å². The summed E-state index contributed by atoms with van der Waals surface area (Å²) in [4.78, 5) is 71.2. The molecule has 2 N–H and O–H groups in total. The number of esters is 3. The van der Waals surface area contributed by atoms with E-state index >= 15 is 0 Å². The smallest absolute Gasteiger partial charge is 0.870 e. The summed E-state index contributed by atoms with van der Waals surface area (Å²) in [6.45, 7) is 5.17. The number of hydrogen-bond donors (Lipinski definition) is 1. The Kier molecular flexibility index (Phi) is 30.8. The minimum Gasteiger partial charge on any atom is -0.870 e. The van der Waals surface area contributed by atoms with Crippen LogP contribution in [0.5, 0.6) is 0 Å². The summed E-state index contributed by atoms with van der Waals surface area (Å²) in [7, 11) is 7.66. The van der Waals surface area contributed by atoms with Crippen molar-refractivity contribution in [3.63, 3.8) is 0 Å². The zero-order valence-electron chi connectivity index (χ0n) is 35.8. The van der Waals surface area contributed by atoms with Crippen molar-refractivity contribution in [2.45, 2.75) is 26.8 Å². The number of alkyl halides is 1.